The number of hydrogen-bond donors (Lipinski definition) is 0. The topological polar surface area (TPSA) is 52.6 Å². The van der Waals surface area contributed by atoms with Crippen molar-refractivity contribution < 1.29 is 19.1 Å². The maximum Gasteiger partial charge on any atom is 0.348 e. The van der Waals surface area contributed by atoms with Crippen LogP contribution in [0.1, 0.15) is 85.0 Å². The van der Waals surface area contributed by atoms with E-state index in [0.29, 0.717) is 13.0 Å². The number of carbonyl (C=O) groups is 2. The molecule has 4 nitrogen and oxygen atoms in total. The highest BCUT2D eigenvalue weighted by Gasteiger charge is 2.46. The van der Waals surface area contributed by atoms with Crippen molar-refractivity contribution in [2.45, 2.75) is 91.1 Å². The van der Waals surface area contributed by atoms with Crippen molar-refractivity contribution in [3.8, 4) is 0 Å². The van der Waals surface area contributed by atoms with Gasteiger partial charge in [0.1, 0.15) is 6.61 Å². The molecule has 0 aromatic heterocycles. The first-order valence-corrected chi connectivity index (χ1v) is 8.83. The van der Waals surface area contributed by atoms with E-state index in [4.69, 9.17) is 9.47 Å². The molecular weight excluding hydrogens is 280 g/mol. The van der Waals surface area contributed by atoms with E-state index in [2.05, 4.69) is 6.92 Å². The predicted octanol–water partition coefficient (Wildman–Crippen LogP) is 4.40. The third-order valence-corrected chi connectivity index (χ3v) is 4.24. The summed E-state index contributed by atoms with van der Waals surface area (Å²) in [5.41, 5.74) is -0.411. The molecule has 0 spiro atoms. The molecule has 0 N–H and O–H groups in total. The maximum absolute atomic E-state index is 11.8. The first-order valence-electron chi connectivity index (χ1n) is 8.83. The summed E-state index contributed by atoms with van der Waals surface area (Å²) in [5.74, 6) is -0.690. The minimum atomic E-state index is -0.737. The van der Waals surface area contributed by atoms with Gasteiger partial charge in [0, 0.05) is 11.8 Å². The summed E-state index contributed by atoms with van der Waals surface area (Å²) in [6.45, 7) is 6.32. The quantitative estimate of drug-likeness (QED) is 0.419. The van der Waals surface area contributed by atoms with Gasteiger partial charge >= 0.3 is 11.9 Å². The molecule has 0 aromatic carbocycles. The molecule has 22 heavy (non-hydrogen) atoms. The Bertz CT molecular complexity index is 349. The van der Waals surface area contributed by atoms with Gasteiger partial charge in [-0.3, -0.25) is 4.79 Å². The Morgan fingerprint density at radius 3 is 2.14 bits per heavy atom. The fraction of sp³-hybridized carbons (Fsp3) is 0.889. The van der Waals surface area contributed by atoms with Crippen molar-refractivity contribution in [2.24, 2.45) is 5.41 Å². The van der Waals surface area contributed by atoms with E-state index in [1.54, 1.807) is 0 Å². The van der Waals surface area contributed by atoms with Crippen LogP contribution < -0.4 is 0 Å². The molecule has 1 saturated heterocycles. The monoisotopic (exact) mass is 312 g/mol. The highest BCUT2D eigenvalue weighted by atomic mass is 16.6. The first-order chi connectivity index (χ1) is 10.5. The Balaban J connectivity index is 2.03. The molecule has 1 atom stereocenters. The zero-order valence-electron chi connectivity index (χ0n) is 14.5. The highest BCUT2D eigenvalue weighted by Crippen LogP contribution is 2.31. The Labute approximate surface area is 134 Å². The zero-order valence-corrected chi connectivity index (χ0v) is 14.5. The second-order valence-electron chi connectivity index (χ2n) is 7.04. The molecule has 128 valence electrons. The Kier molecular flexibility index (Phi) is 8.51. The van der Waals surface area contributed by atoms with Gasteiger partial charge < -0.3 is 9.47 Å². The SMILES string of the molecule is CCCCCCCCCCCC(=O)O[C@H]1C(=O)OCC1(C)C. The fourth-order valence-corrected chi connectivity index (χ4v) is 2.71. The largest absolute Gasteiger partial charge is 0.462 e. The van der Waals surface area contributed by atoms with E-state index >= 15 is 0 Å². The predicted molar refractivity (Wildman–Crippen MR) is 86.5 cm³/mol. The van der Waals surface area contributed by atoms with Gasteiger partial charge in [-0.1, -0.05) is 72.1 Å². The van der Waals surface area contributed by atoms with Gasteiger partial charge in [-0.2, -0.15) is 0 Å². The van der Waals surface area contributed by atoms with Crippen LogP contribution in [0.25, 0.3) is 0 Å². The molecule has 0 aliphatic carbocycles. The normalized spacial score (nSPS) is 20.0. The Morgan fingerprint density at radius 2 is 1.64 bits per heavy atom. The van der Waals surface area contributed by atoms with Crippen LogP contribution in [0.5, 0.6) is 0 Å². The van der Waals surface area contributed by atoms with Crippen LogP contribution in [-0.4, -0.2) is 24.6 Å². The maximum atomic E-state index is 11.8. The van der Waals surface area contributed by atoms with Gasteiger partial charge in [-0.05, 0) is 6.42 Å². The van der Waals surface area contributed by atoms with Gasteiger partial charge in [-0.25, -0.2) is 4.79 Å². The number of rotatable bonds is 11. The molecule has 0 unspecified atom stereocenters. The van der Waals surface area contributed by atoms with Gasteiger partial charge in [0.25, 0.3) is 0 Å². The number of cyclic esters (lactones) is 1. The number of unbranched alkanes of at least 4 members (excludes halogenated alkanes) is 8. The third kappa shape index (κ3) is 6.80. The lowest BCUT2D eigenvalue weighted by atomic mass is 9.90. The molecule has 1 rings (SSSR count). The summed E-state index contributed by atoms with van der Waals surface area (Å²) < 4.78 is 10.3. The van der Waals surface area contributed by atoms with Crippen molar-refractivity contribution in [1.29, 1.82) is 0 Å². The average Bonchev–Trinajstić information content (AvgIpc) is 2.72. The summed E-state index contributed by atoms with van der Waals surface area (Å²) in [5, 5.41) is 0. The number of hydrogen-bond acceptors (Lipinski definition) is 4. The summed E-state index contributed by atoms with van der Waals surface area (Å²) in [7, 11) is 0. The molecule has 1 aliphatic heterocycles. The molecule has 4 heteroatoms. The zero-order chi connectivity index (χ0) is 16.4. The van der Waals surface area contributed by atoms with Crippen molar-refractivity contribution >= 4 is 11.9 Å². The summed E-state index contributed by atoms with van der Waals surface area (Å²) in [6.07, 6.45) is 10.6. The molecule has 0 bridgehead atoms. The lowest BCUT2D eigenvalue weighted by Crippen LogP contribution is -2.34. The summed E-state index contributed by atoms with van der Waals surface area (Å²) in [4.78, 5) is 23.4. The molecule has 0 amide bonds. The molecule has 1 aliphatic rings. The van der Waals surface area contributed by atoms with Gasteiger partial charge in [0.05, 0.1) is 0 Å². The van der Waals surface area contributed by atoms with E-state index in [9.17, 15) is 9.59 Å². The van der Waals surface area contributed by atoms with Crippen LogP contribution in [-0.2, 0) is 19.1 Å². The van der Waals surface area contributed by atoms with Crippen molar-refractivity contribution in [2.75, 3.05) is 6.61 Å². The van der Waals surface area contributed by atoms with Crippen molar-refractivity contribution in [3.05, 3.63) is 0 Å². The van der Waals surface area contributed by atoms with Crippen LogP contribution in [0.2, 0.25) is 0 Å². The Hall–Kier alpha value is -1.06. The lowest BCUT2D eigenvalue weighted by molar-refractivity contribution is -0.163. The minimum Gasteiger partial charge on any atom is -0.462 e. The Morgan fingerprint density at radius 1 is 1.09 bits per heavy atom. The van der Waals surface area contributed by atoms with E-state index in [0.717, 1.165) is 12.8 Å². The van der Waals surface area contributed by atoms with Gasteiger partial charge in [0.15, 0.2) is 0 Å². The summed E-state index contributed by atoms with van der Waals surface area (Å²) >= 11 is 0. The number of ether oxygens (including phenoxy) is 2. The second-order valence-corrected chi connectivity index (χ2v) is 7.04. The van der Waals surface area contributed by atoms with Crippen LogP contribution in [0.15, 0.2) is 0 Å². The van der Waals surface area contributed by atoms with E-state index < -0.39 is 17.5 Å². The summed E-state index contributed by atoms with van der Waals surface area (Å²) in [6, 6.07) is 0. The van der Waals surface area contributed by atoms with Gasteiger partial charge in [-0.15, -0.1) is 0 Å². The highest BCUT2D eigenvalue weighted by molar-refractivity contribution is 5.81. The van der Waals surface area contributed by atoms with Crippen molar-refractivity contribution in [1.82, 2.24) is 0 Å². The van der Waals surface area contributed by atoms with Gasteiger partial charge in [0.2, 0.25) is 6.10 Å². The third-order valence-electron chi connectivity index (χ3n) is 4.24. The first kappa shape index (κ1) is 19.0. The standard InChI is InChI=1S/C18H32O4/c1-4-5-6-7-8-9-10-11-12-13-15(19)22-16-17(20)21-14-18(16,2)3/h16H,4-14H2,1-3H3/t16-/m0/s1. The molecule has 0 radical (unpaired) electrons. The van der Waals surface area contributed by atoms with Crippen LogP contribution in [0, 0.1) is 5.41 Å². The van der Waals surface area contributed by atoms with E-state index in [1.807, 2.05) is 13.8 Å². The number of esters is 2. The average molecular weight is 312 g/mol. The minimum absolute atomic E-state index is 0.278. The second kappa shape index (κ2) is 9.86. The molecule has 0 saturated carbocycles. The smallest absolute Gasteiger partial charge is 0.348 e. The number of carbonyl (C=O) groups excluding carboxylic acids is 2. The van der Waals surface area contributed by atoms with Crippen LogP contribution in [0.3, 0.4) is 0 Å². The molecule has 0 aromatic rings. The van der Waals surface area contributed by atoms with E-state index in [-0.39, 0.29) is 5.97 Å². The van der Waals surface area contributed by atoms with Crippen LogP contribution >= 0.6 is 0 Å². The van der Waals surface area contributed by atoms with Crippen LogP contribution in [0.4, 0.5) is 0 Å². The fourth-order valence-electron chi connectivity index (χ4n) is 2.71. The van der Waals surface area contributed by atoms with E-state index in [1.165, 1.54) is 44.9 Å². The molecular formula is C18H32O4. The molecule has 1 heterocycles. The molecule has 1 fully saturated rings. The lowest BCUT2D eigenvalue weighted by Gasteiger charge is -2.21. The van der Waals surface area contributed by atoms with Crippen molar-refractivity contribution in [3.63, 3.8) is 0 Å².